The Labute approximate surface area is 144 Å². The van der Waals surface area contributed by atoms with Crippen molar-refractivity contribution in [3.8, 4) is 11.1 Å². The summed E-state index contributed by atoms with van der Waals surface area (Å²) in [7, 11) is 0. The van der Waals surface area contributed by atoms with Gasteiger partial charge in [0.05, 0.1) is 0 Å². The van der Waals surface area contributed by atoms with E-state index in [1.54, 1.807) is 12.1 Å². The molecule has 2 aromatic rings. The summed E-state index contributed by atoms with van der Waals surface area (Å²) in [4.78, 5) is 11.1. The molecule has 25 heavy (non-hydrogen) atoms. The number of anilines is 1. The number of nitrogens with one attached hydrogen (secondary N) is 1. The first-order valence-electron chi connectivity index (χ1n) is 7.82. The Morgan fingerprint density at radius 3 is 2.04 bits per heavy atom. The minimum Gasteiger partial charge on any atom is -0.479 e. The highest BCUT2D eigenvalue weighted by atomic mass is 16.6. The van der Waals surface area contributed by atoms with Gasteiger partial charge >= 0.3 is 5.97 Å². The second kappa shape index (κ2) is 7.20. The van der Waals surface area contributed by atoms with Crippen molar-refractivity contribution in [2.45, 2.75) is 30.6 Å². The van der Waals surface area contributed by atoms with Crippen molar-refractivity contribution >= 4 is 11.7 Å². The van der Waals surface area contributed by atoms with E-state index >= 15 is 0 Å². The summed E-state index contributed by atoms with van der Waals surface area (Å²) in [5, 5.41) is 41.4. The van der Waals surface area contributed by atoms with Crippen LogP contribution < -0.4 is 5.32 Å². The standard InChI is InChI=1S/C18H19NO6/c20-13-14(21)16(18(23)24)25-17(15(13)22)19-12-8-6-11(7-9-12)10-4-2-1-3-5-10/h1-9,13-17,19-22H,(H,23,24). The summed E-state index contributed by atoms with van der Waals surface area (Å²) in [6.45, 7) is 0. The third-order valence-corrected chi connectivity index (χ3v) is 4.16. The van der Waals surface area contributed by atoms with Gasteiger partial charge in [0, 0.05) is 5.69 Å². The molecule has 0 bridgehead atoms. The minimum atomic E-state index is -1.70. The lowest BCUT2D eigenvalue weighted by Gasteiger charge is -2.39. The third-order valence-electron chi connectivity index (χ3n) is 4.16. The molecule has 1 fully saturated rings. The van der Waals surface area contributed by atoms with E-state index in [0.29, 0.717) is 5.69 Å². The Hall–Kier alpha value is -2.45. The molecule has 1 aliphatic rings. The number of carboxylic acids is 1. The highest BCUT2D eigenvalue weighted by Crippen LogP contribution is 2.25. The van der Waals surface area contributed by atoms with E-state index in [1.165, 1.54) is 0 Å². The van der Waals surface area contributed by atoms with Gasteiger partial charge < -0.3 is 30.5 Å². The number of carboxylic acid groups (broad SMARTS) is 1. The average molecular weight is 345 g/mol. The number of hydrogen-bond acceptors (Lipinski definition) is 6. The Bertz CT molecular complexity index is 720. The molecule has 0 spiro atoms. The molecular formula is C18H19NO6. The molecule has 0 aromatic heterocycles. The first-order chi connectivity index (χ1) is 12.0. The molecule has 3 rings (SSSR count). The van der Waals surface area contributed by atoms with Gasteiger partial charge in [-0.25, -0.2) is 4.79 Å². The molecular weight excluding hydrogens is 326 g/mol. The second-order valence-corrected chi connectivity index (χ2v) is 5.88. The third kappa shape index (κ3) is 3.64. The molecule has 0 amide bonds. The van der Waals surface area contributed by atoms with E-state index in [1.807, 2.05) is 42.5 Å². The van der Waals surface area contributed by atoms with Crippen LogP contribution in [0.15, 0.2) is 54.6 Å². The van der Waals surface area contributed by atoms with Gasteiger partial charge in [-0.1, -0.05) is 42.5 Å². The lowest BCUT2D eigenvalue weighted by molar-refractivity contribution is -0.221. The van der Waals surface area contributed by atoms with Crippen LogP contribution in [0.2, 0.25) is 0 Å². The van der Waals surface area contributed by atoms with Crippen LogP contribution >= 0.6 is 0 Å². The molecule has 132 valence electrons. The van der Waals surface area contributed by atoms with Crippen LogP contribution in [-0.2, 0) is 9.53 Å². The number of ether oxygens (including phenoxy) is 1. The predicted molar refractivity (Wildman–Crippen MR) is 89.8 cm³/mol. The lowest BCUT2D eigenvalue weighted by atomic mass is 9.98. The average Bonchev–Trinajstić information content (AvgIpc) is 2.63. The summed E-state index contributed by atoms with van der Waals surface area (Å²) in [5.74, 6) is -1.41. The molecule has 2 aromatic carbocycles. The molecule has 1 aliphatic heterocycles. The molecule has 1 saturated heterocycles. The summed E-state index contributed by atoms with van der Waals surface area (Å²) in [6, 6.07) is 17.0. The smallest absolute Gasteiger partial charge is 0.335 e. The molecule has 5 unspecified atom stereocenters. The number of hydrogen-bond donors (Lipinski definition) is 5. The number of benzene rings is 2. The van der Waals surface area contributed by atoms with E-state index in [-0.39, 0.29) is 0 Å². The predicted octanol–water partition coefficient (Wildman–Crippen LogP) is 0.658. The van der Waals surface area contributed by atoms with Crippen LogP contribution in [0.1, 0.15) is 0 Å². The van der Waals surface area contributed by atoms with Crippen molar-refractivity contribution in [3.63, 3.8) is 0 Å². The van der Waals surface area contributed by atoms with Crippen LogP contribution in [0.5, 0.6) is 0 Å². The van der Waals surface area contributed by atoms with Gasteiger partial charge in [0.2, 0.25) is 0 Å². The molecule has 0 aliphatic carbocycles. The van der Waals surface area contributed by atoms with Crippen molar-refractivity contribution in [1.82, 2.24) is 0 Å². The van der Waals surface area contributed by atoms with Crippen molar-refractivity contribution < 1.29 is 30.0 Å². The first-order valence-corrected chi connectivity index (χ1v) is 7.82. The van der Waals surface area contributed by atoms with Gasteiger partial charge in [-0.2, -0.15) is 0 Å². The quantitative estimate of drug-likeness (QED) is 0.552. The maximum atomic E-state index is 11.1. The van der Waals surface area contributed by atoms with Crippen molar-refractivity contribution in [2.24, 2.45) is 0 Å². The first kappa shape index (κ1) is 17.4. The lowest BCUT2D eigenvalue weighted by Crippen LogP contribution is -2.61. The highest BCUT2D eigenvalue weighted by Gasteiger charge is 2.46. The Kier molecular flexibility index (Phi) is 5.00. The molecule has 0 radical (unpaired) electrons. The molecule has 0 saturated carbocycles. The second-order valence-electron chi connectivity index (χ2n) is 5.88. The van der Waals surface area contributed by atoms with Crippen LogP contribution in [0.3, 0.4) is 0 Å². The normalized spacial score (nSPS) is 29.2. The van der Waals surface area contributed by atoms with Crippen LogP contribution in [0.25, 0.3) is 11.1 Å². The maximum Gasteiger partial charge on any atom is 0.335 e. The molecule has 7 heteroatoms. The summed E-state index contributed by atoms with van der Waals surface area (Å²) >= 11 is 0. The number of carbonyl (C=O) groups is 1. The fourth-order valence-corrected chi connectivity index (χ4v) is 2.76. The van der Waals surface area contributed by atoms with E-state index in [4.69, 9.17) is 9.84 Å². The number of aliphatic carboxylic acids is 1. The van der Waals surface area contributed by atoms with E-state index in [0.717, 1.165) is 11.1 Å². The molecule has 1 heterocycles. The van der Waals surface area contributed by atoms with Crippen LogP contribution in [0.4, 0.5) is 5.69 Å². The van der Waals surface area contributed by atoms with Gasteiger partial charge in [0.1, 0.15) is 18.3 Å². The zero-order valence-corrected chi connectivity index (χ0v) is 13.2. The van der Waals surface area contributed by atoms with Crippen LogP contribution in [0, 0.1) is 0 Å². The Balaban J connectivity index is 1.74. The summed E-state index contributed by atoms with van der Waals surface area (Å²) < 4.78 is 5.19. The van der Waals surface area contributed by atoms with Crippen molar-refractivity contribution in [2.75, 3.05) is 5.32 Å². The van der Waals surface area contributed by atoms with Crippen LogP contribution in [-0.4, -0.2) is 57.0 Å². The monoisotopic (exact) mass is 345 g/mol. The van der Waals surface area contributed by atoms with Gasteiger partial charge in [-0.15, -0.1) is 0 Å². The van der Waals surface area contributed by atoms with Crippen molar-refractivity contribution in [1.29, 1.82) is 0 Å². The molecule has 5 atom stereocenters. The van der Waals surface area contributed by atoms with Crippen molar-refractivity contribution in [3.05, 3.63) is 54.6 Å². The summed E-state index contributed by atoms with van der Waals surface area (Å²) in [6.07, 6.45) is -7.59. The summed E-state index contributed by atoms with van der Waals surface area (Å²) in [5.41, 5.74) is 2.62. The fourth-order valence-electron chi connectivity index (χ4n) is 2.76. The number of rotatable bonds is 4. The molecule has 7 nitrogen and oxygen atoms in total. The highest BCUT2D eigenvalue weighted by molar-refractivity contribution is 5.73. The fraction of sp³-hybridized carbons (Fsp3) is 0.278. The van der Waals surface area contributed by atoms with E-state index in [9.17, 15) is 20.1 Å². The molecule has 5 N–H and O–H groups in total. The zero-order chi connectivity index (χ0) is 18.0. The largest absolute Gasteiger partial charge is 0.479 e. The Morgan fingerprint density at radius 2 is 1.44 bits per heavy atom. The van der Waals surface area contributed by atoms with Gasteiger partial charge in [0.15, 0.2) is 12.3 Å². The Morgan fingerprint density at radius 1 is 0.840 bits per heavy atom. The van der Waals surface area contributed by atoms with E-state index in [2.05, 4.69) is 5.32 Å². The topological polar surface area (TPSA) is 119 Å². The van der Waals surface area contributed by atoms with Gasteiger partial charge in [0.25, 0.3) is 0 Å². The number of aliphatic hydroxyl groups excluding tert-OH is 3. The van der Waals surface area contributed by atoms with Gasteiger partial charge in [-0.3, -0.25) is 0 Å². The minimum absolute atomic E-state index is 0.580. The zero-order valence-electron chi connectivity index (χ0n) is 13.2. The maximum absolute atomic E-state index is 11.1. The number of aliphatic hydroxyl groups is 3. The SMILES string of the molecule is O=C(O)C1OC(Nc2ccc(-c3ccccc3)cc2)C(O)C(O)C1O. The van der Waals surface area contributed by atoms with Gasteiger partial charge in [-0.05, 0) is 23.3 Å². The van der Waals surface area contributed by atoms with E-state index < -0.39 is 36.6 Å².